The van der Waals surface area contributed by atoms with E-state index in [2.05, 4.69) is 44.2 Å². The van der Waals surface area contributed by atoms with Gasteiger partial charge in [-0.25, -0.2) is 0 Å². The zero-order valence-corrected chi connectivity index (χ0v) is 16.3. The van der Waals surface area contributed by atoms with Gasteiger partial charge in [-0.05, 0) is 0 Å². The van der Waals surface area contributed by atoms with Crippen molar-refractivity contribution in [1.82, 2.24) is 0 Å². The fourth-order valence-electron chi connectivity index (χ4n) is 3.21. The zero-order chi connectivity index (χ0) is 14.7. The Morgan fingerprint density at radius 2 is 1.35 bits per heavy atom. The van der Waals surface area contributed by atoms with Gasteiger partial charge in [0.1, 0.15) is 0 Å². The summed E-state index contributed by atoms with van der Waals surface area (Å²) in [6.07, 6.45) is 7.65. The number of hydrogen-bond acceptors (Lipinski definition) is 1. The van der Waals surface area contributed by atoms with E-state index in [1.54, 1.807) is 3.58 Å². The van der Waals surface area contributed by atoms with Crippen LogP contribution in [-0.4, -0.2) is 30.1 Å². The Bertz CT molecular complexity index is 329. The summed E-state index contributed by atoms with van der Waals surface area (Å²) in [6.45, 7) is 4.99. The van der Waals surface area contributed by atoms with E-state index in [9.17, 15) is 0 Å². The molecule has 0 saturated heterocycles. The molecule has 0 aliphatic carbocycles. The van der Waals surface area contributed by atoms with Crippen molar-refractivity contribution in [2.45, 2.75) is 65.7 Å². The van der Waals surface area contributed by atoms with Gasteiger partial charge >= 0.3 is 130 Å². The van der Waals surface area contributed by atoms with Crippen LogP contribution in [0.1, 0.15) is 52.4 Å². The number of unbranched alkanes of at least 4 members (excludes halogenated alkanes) is 3. The van der Waals surface area contributed by atoms with E-state index < -0.39 is 18.4 Å². The number of benzene rings is 1. The minimum absolute atomic E-state index is 0.359. The average Bonchev–Trinajstić information content (AvgIpc) is 2.51. The molecule has 2 heteroatoms. The van der Waals surface area contributed by atoms with Crippen LogP contribution in [0.2, 0.25) is 13.3 Å². The number of rotatable bonds is 11. The number of aliphatic hydroxyl groups excluding tert-OH is 1. The molecule has 1 nitrogen and oxygen atoms in total. The van der Waals surface area contributed by atoms with Crippen molar-refractivity contribution >= 4 is 22.0 Å². The van der Waals surface area contributed by atoms with Crippen molar-refractivity contribution in [2.24, 2.45) is 0 Å². The first-order chi connectivity index (χ1) is 9.79. The van der Waals surface area contributed by atoms with Crippen molar-refractivity contribution < 1.29 is 5.11 Å². The van der Waals surface area contributed by atoms with Gasteiger partial charge in [0.2, 0.25) is 0 Å². The second kappa shape index (κ2) is 10.7. The Morgan fingerprint density at radius 1 is 0.800 bits per heavy atom. The second-order valence-electron chi connectivity index (χ2n) is 6.03. The van der Waals surface area contributed by atoms with E-state index >= 15 is 0 Å². The summed E-state index contributed by atoms with van der Waals surface area (Å²) in [5, 5.41) is 9.11. The van der Waals surface area contributed by atoms with Gasteiger partial charge < -0.3 is 0 Å². The molecule has 0 fully saturated rings. The molecule has 0 unspecified atom stereocenters. The SMILES string of the molecule is CCC[CH2][Sn]([CH2]CCC)([CH2]CCCO)[c]1ccccc1. The maximum atomic E-state index is 9.11. The van der Waals surface area contributed by atoms with E-state index in [0.29, 0.717) is 6.61 Å². The van der Waals surface area contributed by atoms with Crippen LogP contribution in [0.15, 0.2) is 30.3 Å². The average molecular weight is 383 g/mol. The van der Waals surface area contributed by atoms with Crippen LogP contribution < -0.4 is 3.58 Å². The summed E-state index contributed by atoms with van der Waals surface area (Å²) in [5.74, 6) is 0. The van der Waals surface area contributed by atoms with Crippen LogP contribution in [0.5, 0.6) is 0 Å². The van der Waals surface area contributed by atoms with E-state index in [0.717, 1.165) is 6.42 Å². The molecule has 0 aromatic heterocycles. The Hall–Kier alpha value is -0.0213. The Morgan fingerprint density at radius 3 is 1.85 bits per heavy atom. The first-order valence-electron chi connectivity index (χ1n) is 8.45. The number of aliphatic hydroxyl groups is 1. The van der Waals surface area contributed by atoms with Crippen molar-refractivity contribution in [1.29, 1.82) is 0 Å². The molecule has 0 aliphatic rings. The maximum absolute atomic E-state index is 9.11. The fraction of sp³-hybridized carbons (Fsp3) is 0.667. The van der Waals surface area contributed by atoms with Gasteiger partial charge in [-0.15, -0.1) is 0 Å². The van der Waals surface area contributed by atoms with Gasteiger partial charge in [-0.2, -0.15) is 0 Å². The standard InChI is InChI=1S/C6H5.C4H9O.2C4H9.Sn/c1-2-4-6-5-3-1;1-2-3-4-5;2*1-3-4-2;/h1-5H;5H,1-4H2;2*1,3-4H2,2H3;. The van der Waals surface area contributed by atoms with Gasteiger partial charge in [0.25, 0.3) is 0 Å². The van der Waals surface area contributed by atoms with Crippen LogP contribution >= 0.6 is 0 Å². The van der Waals surface area contributed by atoms with Crippen molar-refractivity contribution in [2.75, 3.05) is 6.61 Å². The fourth-order valence-corrected chi connectivity index (χ4v) is 18.9. The molecule has 1 N–H and O–H groups in total. The van der Waals surface area contributed by atoms with E-state index in [1.165, 1.54) is 45.4 Å². The molecule has 114 valence electrons. The van der Waals surface area contributed by atoms with E-state index in [-0.39, 0.29) is 0 Å². The molecule has 0 bridgehead atoms. The topological polar surface area (TPSA) is 20.2 Å². The molecule has 0 amide bonds. The van der Waals surface area contributed by atoms with Gasteiger partial charge in [0.05, 0.1) is 0 Å². The van der Waals surface area contributed by atoms with Crippen LogP contribution in [0.25, 0.3) is 0 Å². The first kappa shape index (κ1) is 18.0. The molecular formula is C18H32OSn. The van der Waals surface area contributed by atoms with Crippen LogP contribution in [-0.2, 0) is 0 Å². The Balaban J connectivity index is 2.90. The Labute approximate surface area is 129 Å². The summed E-state index contributed by atoms with van der Waals surface area (Å²) >= 11 is -2.23. The zero-order valence-electron chi connectivity index (χ0n) is 13.4. The third kappa shape index (κ3) is 5.77. The van der Waals surface area contributed by atoms with Gasteiger partial charge in [-0.3, -0.25) is 0 Å². The molecule has 0 aliphatic heterocycles. The quantitative estimate of drug-likeness (QED) is 0.433. The third-order valence-electron chi connectivity index (χ3n) is 4.47. The molecule has 20 heavy (non-hydrogen) atoms. The summed E-state index contributed by atoms with van der Waals surface area (Å²) < 4.78 is 6.15. The molecule has 0 saturated carbocycles. The van der Waals surface area contributed by atoms with Gasteiger partial charge in [-0.1, -0.05) is 0 Å². The summed E-state index contributed by atoms with van der Waals surface area (Å²) in [5.41, 5.74) is 0. The first-order valence-corrected chi connectivity index (χ1v) is 15.9. The molecule has 1 aromatic rings. The van der Waals surface area contributed by atoms with Crippen molar-refractivity contribution in [3.8, 4) is 0 Å². The van der Waals surface area contributed by atoms with Crippen molar-refractivity contribution in [3.63, 3.8) is 0 Å². The second-order valence-corrected chi connectivity index (χ2v) is 19.3. The third-order valence-corrected chi connectivity index (χ3v) is 20.1. The van der Waals surface area contributed by atoms with E-state index in [4.69, 9.17) is 5.11 Å². The molecule has 0 heterocycles. The molecule has 1 rings (SSSR count). The normalized spacial score (nSPS) is 11.8. The monoisotopic (exact) mass is 384 g/mol. The van der Waals surface area contributed by atoms with Crippen LogP contribution in [0.3, 0.4) is 0 Å². The summed E-state index contributed by atoms with van der Waals surface area (Å²) in [4.78, 5) is 0. The molecule has 1 aromatic carbocycles. The summed E-state index contributed by atoms with van der Waals surface area (Å²) in [7, 11) is 0. The molecule has 0 radical (unpaired) electrons. The molecule has 0 atom stereocenters. The van der Waals surface area contributed by atoms with Gasteiger partial charge in [0, 0.05) is 0 Å². The Kier molecular flexibility index (Phi) is 9.62. The van der Waals surface area contributed by atoms with Crippen LogP contribution in [0.4, 0.5) is 0 Å². The van der Waals surface area contributed by atoms with Crippen LogP contribution in [0, 0.1) is 0 Å². The van der Waals surface area contributed by atoms with E-state index in [1.807, 2.05) is 0 Å². The van der Waals surface area contributed by atoms with Gasteiger partial charge in [0.15, 0.2) is 0 Å². The molecular weight excluding hydrogens is 351 g/mol. The summed E-state index contributed by atoms with van der Waals surface area (Å²) in [6, 6.07) is 11.4. The molecule has 0 spiro atoms. The number of hydrogen-bond donors (Lipinski definition) is 1. The minimum atomic E-state index is -2.23. The predicted molar refractivity (Wildman–Crippen MR) is 92.4 cm³/mol. The predicted octanol–water partition coefficient (Wildman–Crippen LogP) is 4.72. The van der Waals surface area contributed by atoms with Crippen molar-refractivity contribution in [3.05, 3.63) is 30.3 Å².